The predicted octanol–water partition coefficient (Wildman–Crippen LogP) is 2.23. The maximum absolute atomic E-state index is 14.1. The molecule has 170 valence electrons. The monoisotopic (exact) mass is 442 g/mol. The van der Waals surface area contributed by atoms with Crippen molar-refractivity contribution >= 4 is 17.7 Å². The van der Waals surface area contributed by atoms with Crippen LogP contribution in [0.25, 0.3) is 0 Å². The van der Waals surface area contributed by atoms with E-state index in [0.29, 0.717) is 56.1 Å². The number of carbonyl (C=O) groups excluding carboxylic acids is 1. The number of hydrogen-bond donors (Lipinski definition) is 2. The Labute approximate surface area is 185 Å². The standard InChI is InChI=1S/C22H27FN6O3/c1-12(14-7-16-13(2)26-9-18(23)17(16)8-14)24-4-3-15-11-29(22(30)32-15)19-10-27-21-20(28-19)25-5-6-31-21/h9-10,12,14-15,24H,3-8,11H2,1-2H3,(H,25,28)/t12?,14?,15-/m1/s1. The smallest absolute Gasteiger partial charge is 0.415 e. The van der Waals surface area contributed by atoms with Gasteiger partial charge in [-0.3, -0.25) is 9.88 Å². The fourth-order valence-corrected chi connectivity index (χ4v) is 4.65. The van der Waals surface area contributed by atoms with Crippen molar-refractivity contribution in [1.82, 2.24) is 20.3 Å². The number of carbonyl (C=O) groups is 1. The van der Waals surface area contributed by atoms with Gasteiger partial charge in [0, 0.05) is 11.7 Å². The molecule has 0 spiro atoms. The molecule has 0 radical (unpaired) electrons. The first-order valence-electron chi connectivity index (χ1n) is 11.1. The topological polar surface area (TPSA) is 102 Å². The molecule has 2 unspecified atom stereocenters. The zero-order chi connectivity index (χ0) is 22.2. The molecule has 0 aromatic carbocycles. The van der Waals surface area contributed by atoms with Gasteiger partial charge in [-0.25, -0.2) is 19.2 Å². The van der Waals surface area contributed by atoms with E-state index in [2.05, 4.69) is 32.5 Å². The highest BCUT2D eigenvalue weighted by Crippen LogP contribution is 2.32. The van der Waals surface area contributed by atoms with Crippen molar-refractivity contribution in [3.8, 4) is 5.88 Å². The number of nitrogens with zero attached hydrogens (tertiary/aromatic N) is 4. The number of ether oxygens (including phenoxy) is 2. The Bertz CT molecular complexity index is 1000. The molecular formula is C22H27FN6O3. The summed E-state index contributed by atoms with van der Waals surface area (Å²) < 4.78 is 25.1. The molecule has 10 heteroatoms. The minimum absolute atomic E-state index is 0.203. The molecule has 2 aromatic heterocycles. The highest BCUT2D eigenvalue weighted by Gasteiger charge is 2.34. The van der Waals surface area contributed by atoms with Crippen molar-refractivity contribution in [1.29, 1.82) is 0 Å². The van der Waals surface area contributed by atoms with Gasteiger partial charge >= 0.3 is 6.09 Å². The summed E-state index contributed by atoms with van der Waals surface area (Å²) in [5.41, 5.74) is 2.78. The van der Waals surface area contributed by atoms with Gasteiger partial charge in [-0.15, -0.1) is 0 Å². The SMILES string of the molecule is Cc1ncc(F)c2c1CC(C(C)NCC[C@@H]1CN(c3cnc4c(n3)NCCO4)C(=O)O1)C2. The Morgan fingerprint density at radius 2 is 2.16 bits per heavy atom. The Hall–Kier alpha value is -3.01. The zero-order valence-corrected chi connectivity index (χ0v) is 18.2. The average molecular weight is 442 g/mol. The summed E-state index contributed by atoms with van der Waals surface area (Å²) in [6.45, 7) is 6.38. The van der Waals surface area contributed by atoms with Gasteiger partial charge in [-0.2, -0.15) is 0 Å². The molecule has 3 aliphatic rings. The van der Waals surface area contributed by atoms with E-state index >= 15 is 0 Å². The molecule has 2 aromatic rings. The van der Waals surface area contributed by atoms with Crippen LogP contribution in [0.4, 0.5) is 20.8 Å². The first-order valence-corrected chi connectivity index (χ1v) is 11.1. The molecule has 0 saturated carbocycles. The van der Waals surface area contributed by atoms with Crippen molar-refractivity contribution in [2.75, 3.05) is 36.5 Å². The van der Waals surface area contributed by atoms with Crippen LogP contribution < -0.4 is 20.3 Å². The second-order valence-electron chi connectivity index (χ2n) is 8.62. The van der Waals surface area contributed by atoms with Gasteiger partial charge in [-0.05, 0) is 56.7 Å². The molecule has 1 amide bonds. The van der Waals surface area contributed by atoms with Crippen LogP contribution in [0.5, 0.6) is 5.88 Å². The molecule has 0 bridgehead atoms. The van der Waals surface area contributed by atoms with Crippen molar-refractivity contribution in [2.45, 2.75) is 45.3 Å². The van der Waals surface area contributed by atoms with E-state index in [1.54, 1.807) is 0 Å². The number of hydrogen-bond acceptors (Lipinski definition) is 8. The number of fused-ring (bicyclic) bond motifs is 2. The van der Waals surface area contributed by atoms with Gasteiger partial charge in [0.05, 0.1) is 25.5 Å². The van der Waals surface area contributed by atoms with Crippen LogP contribution in [-0.4, -0.2) is 59.4 Å². The molecule has 2 N–H and O–H groups in total. The third-order valence-electron chi connectivity index (χ3n) is 6.54. The first-order chi connectivity index (χ1) is 15.5. The van der Waals surface area contributed by atoms with Crippen LogP contribution in [0.15, 0.2) is 12.4 Å². The number of cyclic esters (lactones) is 1. The number of amides is 1. The number of rotatable bonds is 6. The van der Waals surface area contributed by atoms with Crippen LogP contribution in [0.3, 0.4) is 0 Å². The fraction of sp³-hybridized carbons (Fsp3) is 0.545. The summed E-state index contributed by atoms with van der Waals surface area (Å²) in [4.78, 5) is 26.7. The van der Waals surface area contributed by atoms with Crippen molar-refractivity contribution < 1.29 is 18.7 Å². The maximum Gasteiger partial charge on any atom is 0.415 e. The lowest BCUT2D eigenvalue weighted by molar-refractivity contribution is 0.135. The molecule has 4 heterocycles. The van der Waals surface area contributed by atoms with Gasteiger partial charge in [0.15, 0.2) is 11.6 Å². The molecule has 1 saturated heterocycles. The Morgan fingerprint density at radius 1 is 1.31 bits per heavy atom. The Morgan fingerprint density at radius 3 is 3.00 bits per heavy atom. The van der Waals surface area contributed by atoms with E-state index in [9.17, 15) is 9.18 Å². The maximum atomic E-state index is 14.1. The van der Waals surface area contributed by atoms with E-state index in [-0.39, 0.29) is 18.0 Å². The zero-order valence-electron chi connectivity index (χ0n) is 18.2. The first kappa shape index (κ1) is 20.9. The van der Waals surface area contributed by atoms with Crippen molar-refractivity contribution in [2.24, 2.45) is 5.92 Å². The largest absolute Gasteiger partial charge is 0.473 e. The van der Waals surface area contributed by atoms with E-state index < -0.39 is 6.09 Å². The average Bonchev–Trinajstić information content (AvgIpc) is 3.41. The minimum Gasteiger partial charge on any atom is -0.473 e. The summed E-state index contributed by atoms with van der Waals surface area (Å²) in [7, 11) is 0. The number of aromatic nitrogens is 3. The van der Waals surface area contributed by atoms with Gasteiger partial charge in [-0.1, -0.05) is 0 Å². The van der Waals surface area contributed by atoms with Crippen LogP contribution in [0.2, 0.25) is 0 Å². The highest BCUT2D eigenvalue weighted by molar-refractivity contribution is 5.88. The number of nitrogens with one attached hydrogen (secondary N) is 2. The van der Waals surface area contributed by atoms with E-state index in [4.69, 9.17) is 9.47 Å². The lowest BCUT2D eigenvalue weighted by atomic mass is 9.97. The van der Waals surface area contributed by atoms with Gasteiger partial charge in [0.25, 0.3) is 5.88 Å². The Kier molecular flexibility index (Phi) is 5.54. The number of anilines is 2. The molecule has 1 aliphatic carbocycles. The summed E-state index contributed by atoms with van der Waals surface area (Å²) in [5, 5.41) is 6.65. The van der Waals surface area contributed by atoms with Crippen molar-refractivity contribution in [3.05, 3.63) is 35.0 Å². The number of aryl methyl sites for hydroxylation is 1. The lowest BCUT2D eigenvalue weighted by Crippen LogP contribution is -2.36. The second-order valence-corrected chi connectivity index (χ2v) is 8.62. The van der Waals surface area contributed by atoms with Crippen LogP contribution in [-0.2, 0) is 17.6 Å². The third-order valence-corrected chi connectivity index (χ3v) is 6.54. The molecule has 2 aliphatic heterocycles. The molecule has 5 rings (SSSR count). The van der Waals surface area contributed by atoms with Gasteiger partial charge in [0.1, 0.15) is 18.5 Å². The third kappa shape index (κ3) is 3.94. The summed E-state index contributed by atoms with van der Waals surface area (Å²) in [5.74, 6) is 1.56. The Balaban J connectivity index is 1.13. The quantitative estimate of drug-likeness (QED) is 0.702. The van der Waals surface area contributed by atoms with E-state index in [0.717, 1.165) is 29.7 Å². The lowest BCUT2D eigenvalue weighted by Gasteiger charge is -2.21. The van der Waals surface area contributed by atoms with Gasteiger partial charge < -0.3 is 20.1 Å². The van der Waals surface area contributed by atoms with Gasteiger partial charge in [0.2, 0.25) is 0 Å². The molecule has 3 atom stereocenters. The van der Waals surface area contributed by atoms with Crippen LogP contribution in [0.1, 0.15) is 30.2 Å². The summed E-state index contributed by atoms with van der Waals surface area (Å²) in [6, 6.07) is 0.215. The van der Waals surface area contributed by atoms with E-state index in [1.165, 1.54) is 17.3 Å². The summed E-state index contributed by atoms with van der Waals surface area (Å²) in [6.07, 6.45) is 4.45. The fourth-order valence-electron chi connectivity index (χ4n) is 4.65. The molecule has 32 heavy (non-hydrogen) atoms. The molecule has 9 nitrogen and oxygen atoms in total. The predicted molar refractivity (Wildman–Crippen MR) is 116 cm³/mol. The normalized spacial score (nSPS) is 22.6. The second kappa shape index (κ2) is 8.50. The minimum atomic E-state index is -0.418. The van der Waals surface area contributed by atoms with Crippen molar-refractivity contribution in [3.63, 3.8) is 0 Å². The molecular weight excluding hydrogens is 415 g/mol. The molecule has 1 fully saturated rings. The van der Waals surface area contributed by atoms with Crippen LogP contribution >= 0.6 is 0 Å². The summed E-state index contributed by atoms with van der Waals surface area (Å²) >= 11 is 0. The number of halogens is 1. The number of pyridine rings is 1. The van der Waals surface area contributed by atoms with Crippen LogP contribution in [0, 0.1) is 18.7 Å². The van der Waals surface area contributed by atoms with E-state index in [1.807, 2.05) is 6.92 Å². The highest BCUT2D eigenvalue weighted by atomic mass is 19.1.